The van der Waals surface area contributed by atoms with Crippen LogP contribution in [0.25, 0.3) is 0 Å². The van der Waals surface area contributed by atoms with Gasteiger partial charge in [-0.2, -0.15) is 13.9 Å². The number of hydrogen-bond acceptors (Lipinski definition) is 4. The Labute approximate surface area is 155 Å². The number of carbonyl (C=O) groups excluding carboxylic acids is 1. The van der Waals surface area contributed by atoms with Crippen LogP contribution in [0.1, 0.15) is 30.8 Å². The Morgan fingerprint density at radius 1 is 1.35 bits per heavy atom. The van der Waals surface area contributed by atoms with Crippen molar-refractivity contribution in [1.29, 1.82) is 0 Å². The van der Waals surface area contributed by atoms with E-state index in [1.54, 1.807) is 18.5 Å². The molecular weight excluding hydrogens is 368 g/mol. The van der Waals surface area contributed by atoms with Crippen molar-refractivity contribution in [3.63, 3.8) is 0 Å². The Balaban J connectivity index is 2.23. The number of carbonyl (C=O) groups is 1. The number of aryl methyl sites for hydroxylation is 1. The summed E-state index contributed by atoms with van der Waals surface area (Å²) in [7, 11) is 1.33. The van der Waals surface area contributed by atoms with Crippen LogP contribution in [-0.4, -0.2) is 29.4 Å². The summed E-state index contributed by atoms with van der Waals surface area (Å²) in [6.07, 6.45) is 0.494. The lowest BCUT2D eigenvalue weighted by Gasteiger charge is -2.18. The molecule has 1 N–H and O–H groups in total. The minimum absolute atomic E-state index is 0.0882. The standard InChI is InChI=1S/C17H20ClF2N3O3/c1-5-12(23-10(3)15(18)9(2)22-23)16(24)21-11-6-7-13(26-17(19)20)14(8-11)25-4/h6-8,12,17H,5H2,1-4H3,(H,21,24). The minimum atomic E-state index is -2.97. The molecule has 1 atom stereocenters. The molecule has 0 fully saturated rings. The predicted molar refractivity (Wildman–Crippen MR) is 94.3 cm³/mol. The van der Waals surface area contributed by atoms with Crippen LogP contribution in [-0.2, 0) is 4.79 Å². The summed E-state index contributed by atoms with van der Waals surface area (Å²) in [5.74, 6) is -0.331. The predicted octanol–water partition coefficient (Wildman–Crippen LogP) is 4.35. The molecule has 0 bridgehead atoms. The van der Waals surface area contributed by atoms with Crippen molar-refractivity contribution in [3.05, 3.63) is 34.6 Å². The molecule has 0 saturated carbocycles. The Kier molecular flexibility index (Phi) is 6.42. The summed E-state index contributed by atoms with van der Waals surface area (Å²) >= 11 is 6.16. The molecule has 2 aromatic rings. The molecule has 2 rings (SSSR count). The number of anilines is 1. The monoisotopic (exact) mass is 387 g/mol. The van der Waals surface area contributed by atoms with Gasteiger partial charge >= 0.3 is 6.61 Å². The van der Waals surface area contributed by atoms with E-state index in [2.05, 4.69) is 15.2 Å². The van der Waals surface area contributed by atoms with E-state index in [4.69, 9.17) is 16.3 Å². The summed E-state index contributed by atoms with van der Waals surface area (Å²) in [6.45, 7) is 2.44. The minimum Gasteiger partial charge on any atom is -0.493 e. The fourth-order valence-corrected chi connectivity index (χ4v) is 2.70. The second-order valence-electron chi connectivity index (χ2n) is 5.59. The van der Waals surface area contributed by atoms with E-state index in [-0.39, 0.29) is 17.4 Å². The Morgan fingerprint density at radius 2 is 2.04 bits per heavy atom. The molecule has 26 heavy (non-hydrogen) atoms. The molecule has 1 aromatic carbocycles. The highest BCUT2D eigenvalue weighted by Gasteiger charge is 2.24. The highest BCUT2D eigenvalue weighted by molar-refractivity contribution is 6.31. The second-order valence-corrected chi connectivity index (χ2v) is 5.96. The molecule has 1 amide bonds. The van der Waals surface area contributed by atoms with Crippen LogP contribution in [0.5, 0.6) is 11.5 Å². The maximum atomic E-state index is 12.7. The second kappa shape index (κ2) is 8.35. The van der Waals surface area contributed by atoms with E-state index >= 15 is 0 Å². The highest BCUT2D eigenvalue weighted by Crippen LogP contribution is 2.32. The number of hydrogen-bond donors (Lipinski definition) is 1. The van der Waals surface area contributed by atoms with E-state index in [0.29, 0.717) is 28.5 Å². The first-order chi connectivity index (χ1) is 12.3. The van der Waals surface area contributed by atoms with Gasteiger partial charge in [-0.3, -0.25) is 9.48 Å². The zero-order valence-electron chi connectivity index (χ0n) is 14.8. The topological polar surface area (TPSA) is 65.4 Å². The average molecular weight is 388 g/mol. The fraction of sp³-hybridized carbons (Fsp3) is 0.412. The van der Waals surface area contributed by atoms with Crippen molar-refractivity contribution < 1.29 is 23.0 Å². The van der Waals surface area contributed by atoms with E-state index < -0.39 is 12.7 Å². The maximum absolute atomic E-state index is 12.7. The van der Waals surface area contributed by atoms with Crippen LogP contribution >= 0.6 is 11.6 Å². The molecule has 9 heteroatoms. The molecule has 1 unspecified atom stereocenters. The summed E-state index contributed by atoms with van der Waals surface area (Å²) in [6, 6.07) is 3.61. The number of benzene rings is 1. The van der Waals surface area contributed by atoms with Gasteiger partial charge in [-0.25, -0.2) is 0 Å². The van der Waals surface area contributed by atoms with Crippen molar-refractivity contribution >= 4 is 23.2 Å². The van der Waals surface area contributed by atoms with Crippen LogP contribution in [0, 0.1) is 13.8 Å². The summed E-state index contributed by atoms with van der Waals surface area (Å²) in [4.78, 5) is 12.7. The van der Waals surface area contributed by atoms with Gasteiger partial charge in [-0.15, -0.1) is 0 Å². The van der Waals surface area contributed by atoms with Crippen molar-refractivity contribution in [2.45, 2.75) is 39.8 Å². The van der Waals surface area contributed by atoms with E-state index in [9.17, 15) is 13.6 Å². The summed E-state index contributed by atoms with van der Waals surface area (Å²) in [5.41, 5.74) is 1.73. The lowest BCUT2D eigenvalue weighted by Crippen LogP contribution is -2.27. The van der Waals surface area contributed by atoms with Crippen molar-refractivity contribution in [3.8, 4) is 11.5 Å². The molecule has 0 aliphatic heterocycles. The molecule has 6 nitrogen and oxygen atoms in total. The van der Waals surface area contributed by atoms with Gasteiger partial charge in [0.1, 0.15) is 6.04 Å². The molecule has 1 aromatic heterocycles. The van der Waals surface area contributed by atoms with Gasteiger partial charge in [0.25, 0.3) is 0 Å². The molecule has 0 saturated heterocycles. The number of ether oxygens (including phenoxy) is 2. The molecular formula is C17H20ClF2N3O3. The van der Waals surface area contributed by atoms with Crippen LogP contribution in [0.2, 0.25) is 5.02 Å². The van der Waals surface area contributed by atoms with Gasteiger partial charge in [0.15, 0.2) is 11.5 Å². The normalized spacial score (nSPS) is 12.2. The number of nitrogens with one attached hydrogen (secondary N) is 1. The van der Waals surface area contributed by atoms with Crippen LogP contribution < -0.4 is 14.8 Å². The van der Waals surface area contributed by atoms with Gasteiger partial charge in [-0.1, -0.05) is 18.5 Å². The van der Waals surface area contributed by atoms with Gasteiger partial charge in [0.05, 0.1) is 23.5 Å². The average Bonchev–Trinajstić information content (AvgIpc) is 2.84. The molecule has 0 spiro atoms. The number of halogens is 3. The molecule has 142 valence electrons. The molecule has 0 aliphatic rings. The first kappa shape index (κ1) is 20.0. The fourth-order valence-electron chi connectivity index (χ4n) is 2.58. The van der Waals surface area contributed by atoms with E-state index in [1.807, 2.05) is 6.92 Å². The number of amides is 1. The number of nitrogens with zero attached hydrogens (tertiary/aromatic N) is 2. The molecule has 0 radical (unpaired) electrons. The van der Waals surface area contributed by atoms with Gasteiger partial charge in [0.2, 0.25) is 5.91 Å². The van der Waals surface area contributed by atoms with Crippen molar-refractivity contribution in [1.82, 2.24) is 9.78 Å². The van der Waals surface area contributed by atoms with Crippen molar-refractivity contribution in [2.75, 3.05) is 12.4 Å². The van der Waals surface area contributed by atoms with Crippen molar-refractivity contribution in [2.24, 2.45) is 0 Å². The third kappa shape index (κ3) is 4.24. The third-order valence-electron chi connectivity index (χ3n) is 3.87. The van der Waals surface area contributed by atoms with Gasteiger partial charge in [0, 0.05) is 11.8 Å². The van der Waals surface area contributed by atoms with Crippen LogP contribution in [0.15, 0.2) is 18.2 Å². The van der Waals surface area contributed by atoms with Crippen LogP contribution in [0.4, 0.5) is 14.5 Å². The summed E-state index contributed by atoms with van der Waals surface area (Å²) < 4.78 is 35.8. The molecule has 1 heterocycles. The third-order valence-corrected chi connectivity index (χ3v) is 4.42. The zero-order valence-corrected chi connectivity index (χ0v) is 15.6. The van der Waals surface area contributed by atoms with Crippen LogP contribution in [0.3, 0.4) is 0 Å². The largest absolute Gasteiger partial charge is 0.493 e. The number of aromatic nitrogens is 2. The highest BCUT2D eigenvalue weighted by atomic mass is 35.5. The van der Waals surface area contributed by atoms with E-state index in [0.717, 1.165) is 0 Å². The summed E-state index contributed by atoms with van der Waals surface area (Å²) in [5, 5.41) is 7.58. The Bertz CT molecular complexity index is 796. The number of rotatable bonds is 7. The Morgan fingerprint density at radius 3 is 2.54 bits per heavy atom. The SMILES string of the molecule is CCC(C(=O)Nc1ccc(OC(F)F)c(OC)c1)n1nc(C)c(Cl)c1C. The zero-order chi connectivity index (χ0) is 19.4. The van der Waals surface area contributed by atoms with Gasteiger partial charge in [-0.05, 0) is 32.4 Å². The maximum Gasteiger partial charge on any atom is 0.387 e. The molecule has 0 aliphatic carbocycles. The smallest absolute Gasteiger partial charge is 0.387 e. The lowest BCUT2D eigenvalue weighted by molar-refractivity contribution is -0.119. The first-order valence-corrected chi connectivity index (χ1v) is 8.31. The van der Waals surface area contributed by atoms with E-state index in [1.165, 1.54) is 25.3 Å². The first-order valence-electron chi connectivity index (χ1n) is 7.93. The van der Waals surface area contributed by atoms with Gasteiger partial charge < -0.3 is 14.8 Å². The number of alkyl halides is 2. The lowest BCUT2D eigenvalue weighted by atomic mass is 10.2. The Hall–Kier alpha value is -2.35. The quantitative estimate of drug-likeness (QED) is 0.766. The number of methoxy groups -OCH3 is 1.